The van der Waals surface area contributed by atoms with Crippen molar-refractivity contribution < 1.29 is 43.1 Å². The second-order valence-corrected chi connectivity index (χ2v) is 11.8. The fourth-order valence-corrected chi connectivity index (χ4v) is 7.11. The van der Waals surface area contributed by atoms with Gasteiger partial charge in [-0.25, -0.2) is 4.79 Å². The van der Waals surface area contributed by atoms with Gasteiger partial charge in [0.05, 0.1) is 25.7 Å². The minimum atomic E-state index is -2.00. The van der Waals surface area contributed by atoms with E-state index >= 15 is 0 Å². The predicted molar refractivity (Wildman–Crippen MR) is 140 cm³/mol. The Kier molecular flexibility index (Phi) is 7.85. The van der Waals surface area contributed by atoms with Crippen molar-refractivity contribution >= 4 is 11.9 Å². The second-order valence-electron chi connectivity index (χ2n) is 11.8. The van der Waals surface area contributed by atoms with Crippen LogP contribution in [0.2, 0.25) is 0 Å². The molecule has 1 aliphatic carbocycles. The molecule has 5 rings (SSSR count). The molecule has 39 heavy (non-hydrogen) atoms. The Labute approximate surface area is 229 Å². The molecule has 0 radical (unpaired) electrons. The first kappa shape index (κ1) is 28.1. The molecule has 10 heteroatoms. The Hall–Kier alpha value is -2.40. The molecule has 3 aliphatic heterocycles. The van der Waals surface area contributed by atoms with Gasteiger partial charge in [-0.15, -0.1) is 0 Å². The van der Waals surface area contributed by atoms with Gasteiger partial charge in [-0.1, -0.05) is 13.8 Å². The topological polar surface area (TPSA) is 113 Å². The number of fused-ring (bicyclic) bond motifs is 3. The first-order chi connectivity index (χ1) is 18.7. The Bertz CT molecular complexity index is 1090. The lowest BCUT2D eigenvalue weighted by Crippen LogP contribution is -2.49. The average Bonchev–Trinajstić information content (AvgIpc) is 3.61. The van der Waals surface area contributed by atoms with E-state index in [0.29, 0.717) is 30.9 Å². The van der Waals surface area contributed by atoms with Crippen LogP contribution in [0, 0.1) is 5.92 Å². The van der Waals surface area contributed by atoms with Crippen LogP contribution in [-0.2, 0) is 28.5 Å². The minimum absolute atomic E-state index is 0.0892. The Morgan fingerprint density at radius 3 is 2.51 bits per heavy atom. The quantitative estimate of drug-likeness (QED) is 0.463. The molecule has 1 saturated heterocycles. The number of hydrogen-bond acceptors (Lipinski definition) is 10. The number of nitrogens with zero attached hydrogens (tertiary/aromatic N) is 1. The second kappa shape index (κ2) is 10.9. The standard InChI is InChI=1S/C29H41NO9/c1-17(2)7-9-29(33,14-24(31)36-5)27(32)39-26-22(34-3)13-28-8-6-10-30(28)15-23(35-4)18-11-20-21(38-16-37-20)12-19(18)25(26)28/h11-12,17,22-23,25-26,33H,6-10,13-16H2,1-5H3/t22?,23-,25+,26?,28?,29?/m0/s1. The third-order valence-electron chi connectivity index (χ3n) is 9.15. The summed E-state index contributed by atoms with van der Waals surface area (Å²) in [5, 5.41) is 11.5. The number of hydrogen-bond donors (Lipinski definition) is 1. The van der Waals surface area contributed by atoms with Crippen molar-refractivity contribution in [2.75, 3.05) is 41.2 Å². The van der Waals surface area contributed by atoms with E-state index < -0.39 is 36.2 Å². The highest BCUT2D eigenvalue weighted by molar-refractivity contribution is 5.85. The van der Waals surface area contributed by atoms with Crippen molar-refractivity contribution in [3.05, 3.63) is 23.3 Å². The summed E-state index contributed by atoms with van der Waals surface area (Å²) in [4.78, 5) is 28.5. The van der Waals surface area contributed by atoms with Crippen molar-refractivity contribution in [1.29, 1.82) is 0 Å². The van der Waals surface area contributed by atoms with Gasteiger partial charge in [-0.2, -0.15) is 0 Å². The van der Waals surface area contributed by atoms with Gasteiger partial charge in [0.15, 0.2) is 17.1 Å². The van der Waals surface area contributed by atoms with Gasteiger partial charge in [0, 0.05) is 32.2 Å². The van der Waals surface area contributed by atoms with Gasteiger partial charge in [0.2, 0.25) is 6.79 Å². The maximum absolute atomic E-state index is 13.8. The summed E-state index contributed by atoms with van der Waals surface area (Å²) in [5.41, 5.74) is -0.368. The Morgan fingerprint density at radius 2 is 1.87 bits per heavy atom. The lowest BCUT2D eigenvalue weighted by atomic mass is 9.78. The number of esters is 2. The number of methoxy groups -OCH3 is 3. The van der Waals surface area contributed by atoms with Gasteiger partial charge in [0.25, 0.3) is 0 Å². The van der Waals surface area contributed by atoms with Crippen LogP contribution >= 0.6 is 0 Å². The fourth-order valence-electron chi connectivity index (χ4n) is 7.11. The van der Waals surface area contributed by atoms with E-state index in [0.717, 1.165) is 30.5 Å². The summed E-state index contributed by atoms with van der Waals surface area (Å²) < 4.78 is 34.5. The van der Waals surface area contributed by atoms with Crippen LogP contribution in [0.1, 0.15) is 75.5 Å². The molecule has 1 saturated carbocycles. The maximum Gasteiger partial charge on any atom is 0.339 e. The molecule has 3 heterocycles. The molecule has 6 atom stereocenters. The lowest BCUT2D eigenvalue weighted by Gasteiger charge is -2.40. The van der Waals surface area contributed by atoms with Crippen LogP contribution in [-0.4, -0.2) is 86.5 Å². The highest BCUT2D eigenvalue weighted by Gasteiger charge is 2.63. The Morgan fingerprint density at radius 1 is 1.15 bits per heavy atom. The first-order valence-corrected chi connectivity index (χ1v) is 13.9. The molecule has 4 aliphatic rings. The van der Waals surface area contributed by atoms with Gasteiger partial charge in [0.1, 0.15) is 6.10 Å². The van der Waals surface area contributed by atoms with Crippen LogP contribution in [0.3, 0.4) is 0 Å². The molecule has 1 spiro atoms. The van der Waals surface area contributed by atoms with E-state index in [-0.39, 0.29) is 36.7 Å². The molecular weight excluding hydrogens is 506 g/mol. The molecule has 1 aromatic rings. The number of aliphatic hydroxyl groups is 1. The van der Waals surface area contributed by atoms with Crippen LogP contribution in [0.5, 0.6) is 11.5 Å². The number of carbonyl (C=O) groups excluding carboxylic acids is 2. The molecule has 1 aromatic carbocycles. The van der Waals surface area contributed by atoms with Gasteiger partial charge in [-0.05, 0) is 67.8 Å². The molecular formula is C29H41NO9. The normalized spacial score (nSPS) is 30.7. The molecule has 216 valence electrons. The number of benzene rings is 1. The predicted octanol–water partition coefficient (Wildman–Crippen LogP) is 3.10. The maximum atomic E-state index is 13.8. The molecule has 10 nitrogen and oxygen atoms in total. The number of ether oxygens (including phenoxy) is 6. The highest BCUT2D eigenvalue weighted by atomic mass is 16.7. The summed E-state index contributed by atoms with van der Waals surface area (Å²) in [7, 11) is 4.58. The van der Waals surface area contributed by atoms with Crippen molar-refractivity contribution in [1.82, 2.24) is 4.90 Å². The molecule has 0 amide bonds. The van der Waals surface area contributed by atoms with Crippen LogP contribution in [0.25, 0.3) is 0 Å². The molecule has 0 aromatic heterocycles. The smallest absolute Gasteiger partial charge is 0.339 e. The van der Waals surface area contributed by atoms with Crippen LogP contribution in [0.15, 0.2) is 12.1 Å². The van der Waals surface area contributed by atoms with Gasteiger partial charge < -0.3 is 33.5 Å². The van der Waals surface area contributed by atoms with Crippen LogP contribution < -0.4 is 9.47 Å². The van der Waals surface area contributed by atoms with Crippen molar-refractivity contribution in [3.63, 3.8) is 0 Å². The average molecular weight is 548 g/mol. The summed E-state index contributed by atoms with van der Waals surface area (Å²) in [5.74, 6) is -0.206. The van der Waals surface area contributed by atoms with E-state index in [4.69, 9.17) is 28.4 Å². The van der Waals surface area contributed by atoms with E-state index in [1.54, 1.807) is 14.2 Å². The molecule has 2 fully saturated rings. The minimum Gasteiger partial charge on any atom is -0.469 e. The zero-order chi connectivity index (χ0) is 27.9. The monoisotopic (exact) mass is 547 g/mol. The summed E-state index contributed by atoms with van der Waals surface area (Å²) in [6.07, 6.45) is 1.45. The summed E-state index contributed by atoms with van der Waals surface area (Å²) in [6, 6.07) is 3.98. The molecule has 1 N–H and O–H groups in total. The van der Waals surface area contributed by atoms with Crippen molar-refractivity contribution in [2.45, 2.75) is 87.7 Å². The largest absolute Gasteiger partial charge is 0.469 e. The van der Waals surface area contributed by atoms with Crippen molar-refractivity contribution in [3.8, 4) is 11.5 Å². The highest BCUT2D eigenvalue weighted by Crippen LogP contribution is 2.58. The molecule has 4 unspecified atom stereocenters. The third kappa shape index (κ3) is 4.90. The summed E-state index contributed by atoms with van der Waals surface area (Å²) >= 11 is 0. The summed E-state index contributed by atoms with van der Waals surface area (Å²) in [6.45, 7) is 5.73. The zero-order valence-corrected chi connectivity index (χ0v) is 23.6. The third-order valence-corrected chi connectivity index (χ3v) is 9.15. The number of rotatable bonds is 9. The van der Waals surface area contributed by atoms with E-state index in [1.165, 1.54) is 7.11 Å². The van der Waals surface area contributed by atoms with Gasteiger partial charge in [-0.3, -0.25) is 9.69 Å². The van der Waals surface area contributed by atoms with E-state index in [2.05, 4.69) is 4.90 Å². The Balaban J connectivity index is 1.57. The first-order valence-electron chi connectivity index (χ1n) is 13.9. The lowest BCUT2D eigenvalue weighted by molar-refractivity contribution is -0.182. The van der Waals surface area contributed by atoms with Gasteiger partial charge >= 0.3 is 11.9 Å². The molecule has 0 bridgehead atoms. The fraction of sp³-hybridized carbons (Fsp3) is 0.724. The SMILES string of the molecule is COC(=O)CC(O)(CCC(C)C)C(=O)OC1C(OC)CC23CCCN2C[C@H](OC)c2cc4c(cc2[C@H]13)OCO4. The van der Waals surface area contributed by atoms with E-state index in [9.17, 15) is 14.7 Å². The zero-order valence-electron chi connectivity index (χ0n) is 23.6. The van der Waals surface area contributed by atoms with Crippen LogP contribution in [0.4, 0.5) is 0 Å². The number of carbonyl (C=O) groups is 2. The van der Waals surface area contributed by atoms with E-state index in [1.807, 2.05) is 26.0 Å². The van der Waals surface area contributed by atoms with Crippen molar-refractivity contribution in [2.24, 2.45) is 5.92 Å².